The summed E-state index contributed by atoms with van der Waals surface area (Å²) in [4.78, 5) is 23.7. The lowest BCUT2D eigenvalue weighted by atomic mass is 9.99. The predicted molar refractivity (Wildman–Crippen MR) is 160 cm³/mol. The highest BCUT2D eigenvalue weighted by molar-refractivity contribution is 5.88. The first-order chi connectivity index (χ1) is 20.2. The average molecular weight is 585 g/mol. The van der Waals surface area contributed by atoms with Gasteiger partial charge in [0.05, 0.1) is 37.6 Å². The molecule has 0 aliphatic heterocycles. The first-order valence-electron chi connectivity index (χ1n) is 14.4. The number of aliphatic hydroxyl groups excluding tert-OH is 2. The van der Waals surface area contributed by atoms with E-state index in [2.05, 4.69) is 32.2 Å². The van der Waals surface area contributed by atoms with Gasteiger partial charge < -0.3 is 19.7 Å². The second kappa shape index (κ2) is 18.7. The van der Waals surface area contributed by atoms with Crippen molar-refractivity contribution in [2.75, 3.05) is 26.4 Å². The quantitative estimate of drug-likeness (QED) is 0.0862. The predicted octanol–water partition coefficient (Wildman–Crippen LogP) is 6.38. The van der Waals surface area contributed by atoms with E-state index in [1.807, 2.05) is 12.1 Å². The molecule has 2 aromatic carbocycles. The second-order valence-electron chi connectivity index (χ2n) is 10.3. The molecule has 8 heteroatoms. The first kappa shape index (κ1) is 34.6. The smallest absolute Gasteiger partial charge is 0.335 e. The van der Waals surface area contributed by atoms with Crippen molar-refractivity contribution in [3.05, 3.63) is 94.6 Å². The van der Waals surface area contributed by atoms with Gasteiger partial charge in [0.25, 0.3) is 0 Å². The van der Waals surface area contributed by atoms with Crippen LogP contribution in [0.4, 0.5) is 8.78 Å². The minimum absolute atomic E-state index is 0.0949. The van der Waals surface area contributed by atoms with E-state index in [4.69, 9.17) is 19.7 Å². The summed E-state index contributed by atoms with van der Waals surface area (Å²) in [5, 5.41) is 18.1. The molecule has 0 aliphatic rings. The minimum Gasteiger partial charge on any atom is -0.462 e. The number of carbonyl (C=O) groups excluding carboxylic acids is 2. The number of esters is 2. The maximum Gasteiger partial charge on any atom is 0.335 e. The van der Waals surface area contributed by atoms with Crippen molar-refractivity contribution in [3.8, 4) is 0 Å². The maximum atomic E-state index is 14.8. The van der Waals surface area contributed by atoms with Crippen molar-refractivity contribution in [2.24, 2.45) is 5.92 Å². The number of rotatable bonds is 19. The van der Waals surface area contributed by atoms with Gasteiger partial charge in [0, 0.05) is 11.5 Å². The van der Waals surface area contributed by atoms with Crippen LogP contribution < -0.4 is 0 Å². The molecule has 0 saturated carbocycles. The zero-order chi connectivity index (χ0) is 30.9. The minimum atomic E-state index is -0.898. The van der Waals surface area contributed by atoms with Gasteiger partial charge in [-0.25, -0.2) is 18.4 Å². The zero-order valence-electron chi connectivity index (χ0n) is 24.4. The number of carbonyl (C=O) groups is 2. The van der Waals surface area contributed by atoms with Crippen LogP contribution in [0.3, 0.4) is 0 Å². The molecule has 6 nitrogen and oxygen atoms in total. The largest absolute Gasteiger partial charge is 0.462 e. The second-order valence-corrected chi connectivity index (χ2v) is 10.3. The number of benzene rings is 2. The van der Waals surface area contributed by atoms with Crippen LogP contribution in [0.15, 0.2) is 60.7 Å². The van der Waals surface area contributed by atoms with E-state index in [1.165, 1.54) is 18.4 Å². The average Bonchev–Trinajstić information content (AvgIpc) is 3.01. The third kappa shape index (κ3) is 11.7. The summed E-state index contributed by atoms with van der Waals surface area (Å²) in [7, 11) is 0. The van der Waals surface area contributed by atoms with Gasteiger partial charge in [0.15, 0.2) is 11.6 Å². The van der Waals surface area contributed by atoms with Crippen LogP contribution in [0.1, 0.15) is 67.7 Å². The number of halogens is 2. The summed E-state index contributed by atoms with van der Waals surface area (Å²) in [5.74, 6) is -3.70. The standard InChI is InChI=1S/C34H42F2O6/c1-4-5-6-9-26-12-14-27(15-13-26)16-17-30-19-18-29(31(35)32(30)36)11-8-7-10-28(22-41-33(39)24(2)20-37)23-42-34(40)25(3)21-38/h12-19,28,37-38H,2-11,20-23H2,1H3/b17-16+. The zero-order valence-corrected chi connectivity index (χ0v) is 24.4. The maximum absolute atomic E-state index is 14.8. The van der Waals surface area contributed by atoms with Crippen LogP contribution in [-0.2, 0) is 31.9 Å². The molecule has 0 unspecified atom stereocenters. The van der Waals surface area contributed by atoms with E-state index >= 15 is 0 Å². The van der Waals surface area contributed by atoms with Crippen molar-refractivity contribution in [3.63, 3.8) is 0 Å². The van der Waals surface area contributed by atoms with Gasteiger partial charge in [-0.3, -0.25) is 0 Å². The van der Waals surface area contributed by atoms with Crippen molar-refractivity contribution in [1.29, 1.82) is 0 Å². The molecule has 42 heavy (non-hydrogen) atoms. The van der Waals surface area contributed by atoms with Crippen molar-refractivity contribution >= 4 is 24.1 Å². The molecule has 0 aliphatic carbocycles. The van der Waals surface area contributed by atoms with Crippen LogP contribution in [0.25, 0.3) is 12.2 Å². The van der Waals surface area contributed by atoms with Crippen LogP contribution in [0.2, 0.25) is 0 Å². The van der Waals surface area contributed by atoms with E-state index in [-0.39, 0.29) is 35.5 Å². The number of hydrogen-bond acceptors (Lipinski definition) is 6. The van der Waals surface area contributed by atoms with E-state index < -0.39 is 42.7 Å². The lowest BCUT2D eigenvalue weighted by Gasteiger charge is -2.18. The van der Waals surface area contributed by atoms with Crippen molar-refractivity contribution in [2.45, 2.75) is 58.3 Å². The molecule has 2 aromatic rings. The number of unbranched alkanes of at least 4 members (excludes halogenated alkanes) is 3. The Morgan fingerprint density at radius 3 is 1.98 bits per heavy atom. The Balaban J connectivity index is 1.93. The molecule has 228 valence electrons. The summed E-state index contributed by atoms with van der Waals surface area (Å²) in [6, 6.07) is 11.2. The van der Waals surface area contributed by atoms with Gasteiger partial charge in [-0.1, -0.05) is 87.9 Å². The lowest BCUT2D eigenvalue weighted by Crippen LogP contribution is -2.23. The number of ether oxygens (including phenoxy) is 2. The molecule has 0 bridgehead atoms. The molecule has 0 radical (unpaired) electrons. The molecule has 0 amide bonds. The van der Waals surface area contributed by atoms with E-state index in [1.54, 1.807) is 24.3 Å². The Kier molecular flexibility index (Phi) is 15.4. The lowest BCUT2D eigenvalue weighted by molar-refractivity contribution is -0.144. The summed E-state index contributed by atoms with van der Waals surface area (Å²) >= 11 is 0. The fourth-order valence-corrected chi connectivity index (χ4v) is 4.17. The van der Waals surface area contributed by atoms with E-state index in [9.17, 15) is 18.4 Å². The monoisotopic (exact) mass is 584 g/mol. The topological polar surface area (TPSA) is 93.1 Å². The molecule has 0 fully saturated rings. The molecular formula is C34H42F2O6. The van der Waals surface area contributed by atoms with Crippen molar-refractivity contribution in [1.82, 2.24) is 0 Å². The Morgan fingerprint density at radius 2 is 1.40 bits per heavy atom. The Bertz CT molecular complexity index is 1190. The van der Waals surface area contributed by atoms with Crippen LogP contribution in [0, 0.1) is 17.6 Å². The highest BCUT2D eigenvalue weighted by Gasteiger charge is 2.18. The SMILES string of the molecule is C=C(CO)C(=O)OCC(CCCCc1ccc(/C=C/c2ccc(CCCCC)cc2)c(F)c1F)COC(=O)C(=C)CO. The van der Waals surface area contributed by atoms with Gasteiger partial charge in [-0.15, -0.1) is 0 Å². The van der Waals surface area contributed by atoms with Crippen molar-refractivity contribution < 1.29 is 38.1 Å². The summed E-state index contributed by atoms with van der Waals surface area (Å²) in [6.07, 6.45) is 9.70. The van der Waals surface area contributed by atoms with Gasteiger partial charge in [-0.2, -0.15) is 0 Å². The molecule has 2 N–H and O–H groups in total. The molecule has 2 rings (SSSR count). The van der Waals surface area contributed by atoms with E-state index in [0.29, 0.717) is 25.7 Å². The van der Waals surface area contributed by atoms with Crippen LogP contribution in [0.5, 0.6) is 0 Å². The van der Waals surface area contributed by atoms with Gasteiger partial charge in [-0.05, 0) is 48.8 Å². The third-order valence-corrected chi connectivity index (χ3v) is 6.86. The van der Waals surface area contributed by atoms with Crippen LogP contribution >= 0.6 is 0 Å². The molecule has 0 atom stereocenters. The van der Waals surface area contributed by atoms with Gasteiger partial charge >= 0.3 is 11.9 Å². The molecule has 0 spiro atoms. The molecule has 0 aromatic heterocycles. The number of aliphatic hydroxyl groups is 2. The Labute approximate surface area is 247 Å². The fraction of sp³-hybridized carbons (Fsp3) is 0.412. The normalized spacial score (nSPS) is 11.2. The highest BCUT2D eigenvalue weighted by Crippen LogP contribution is 2.22. The summed E-state index contributed by atoms with van der Waals surface area (Å²) < 4.78 is 39.9. The Hall–Kier alpha value is -3.62. The summed E-state index contributed by atoms with van der Waals surface area (Å²) in [5.41, 5.74) is 2.38. The fourth-order valence-electron chi connectivity index (χ4n) is 4.17. The summed E-state index contributed by atoms with van der Waals surface area (Å²) in [6.45, 7) is 7.72. The number of hydrogen-bond donors (Lipinski definition) is 2. The van der Waals surface area contributed by atoms with E-state index in [0.717, 1.165) is 18.4 Å². The molecule has 0 heterocycles. The van der Waals surface area contributed by atoms with Gasteiger partial charge in [0.2, 0.25) is 0 Å². The highest BCUT2D eigenvalue weighted by atomic mass is 19.2. The molecular weight excluding hydrogens is 542 g/mol. The molecule has 0 saturated heterocycles. The number of aryl methyl sites for hydroxylation is 2. The third-order valence-electron chi connectivity index (χ3n) is 6.86. The van der Waals surface area contributed by atoms with Gasteiger partial charge in [0.1, 0.15) is 0 Å². The van der Waals surface area contributed by atoms with Crippen LogP contribution in [-0.4, -0.2) is 48.6 Å². The first-order valence-corrected chi connectivity index (χ1v) is 14.4. The Morgan fingerprint density at radius 1 is 0.810 bits per heavy atom.